The molecule has 0 radical (unpaired) electrons. The van der Waals surface area contributed by atoms with E-state index < -0.39 is 10.0 Å². The molecule has 1 N–H and O–H groups in total. The van der Waals surface area contributed by atoms with Crippen LogP contribution >= 0.6 is 11.6 Å². The van der Waals surface area contributed by atoms with E-state index in [0.717, 1.165) is 17.5 Å². The van der Waals surface area contributed by atoms with Crippen molar-refractivity contribution in [2.75, 3.05) is 0 Å². The standard InChI is InChI=1S/C20H26ClNO2S/c1-6-13(2)17-7-9-18(10-8-17)16(5)22-25(23,24)20-12-14(3)19(21)11-15(20)4/h7-13,16,22H,6H2,1-5H3. The number of halogens is 1. The van der Waals surface area contributed by atoms with Gasteiger partial charge in [0.25, 0.3) is 0 Å². The fraction of sp³-hybridized carbons (Fsp3) is 0.400. The smallest absolute Gasteiger partial charge is 0.207 e. The molecule has 2 aromatic rings. The Morgan fingerprint density at radius 3 is 2.12 bits per heavy atom. The fourth-order valence-electron chi connectivity index (χ4n) is 2.76. The largest absolute Gasteiger partial charge is 0.241 e. The van der Waals surface area contributed by atoms with Gasteiger partial charge in [-0.25, -0.2) is 13.1 Å². The minimum absolute atomic E-state index is 0.275. The number of nitrogens with one attached hydrogen (secondary N) is 1. The maximum atomic E-state index is 12.8. The van der Waals surface area contributed by atoms with Crippen LogP contribution in [-0.2, 0) is 10.0 Å². The zero-order chi connectivity index (χ0) is 18.8. The summed E-state index contributed by atoms with van der Waals surface area (Å²) in [4.78, 5) is 0.275. The second-order valence-corrected chi connectivity index (χ2v) is 8.78. The van der Waals surface area contributed by atoms with Gasteiger partial charge in [0.05, 0.1) is 4.90 Å². The van der Waals surface area contributed by atoms with Gasteiger partial charge in [-0.3, -0.25) is 0 Å². The van der Waals surface area contributed by atoms with Gasteiger partial charge in [0.2, 0.25) is 10.0 Å². The number of hydrogen-bond acceptors (Lipinski definition) is 2. The van der Waals surface area contributed by atoms with Crippen molar-refractivity contribution in [1.29, 1.82) is 0 Å². The van der Waals surface area contributed by atoms with Crippen LogP contribution in [0.3, 0.4) is 0 Å². The molecule has 3 nitrogen and oxygen atoms in total. The van der Waals surface area contributed by atoms with E-state index in [-0.39, 0.29) is 10.9 Å². The van der Waals surface area contributed by atoms with E-state index in [4.69, 9.17) is 11.6 Å². The second kappa shape index (κ2) is 7.90. The van der Waals surface area contributed by atoms with E-state index in [1.165, 1.54) is 5.56 Å². The van der Waals surface area contributed by atoms with Crippen LogP contribution in [0.2, 0.25) is 5.02 Å². The van der Waals surface area contributed by atoms with E-state index >= 15 is 0 Å². The number of aryl methyl sites for hydroxylation is 2. The summed E-state index contributed by atoms with van der Waals surface area (Å²) in [7, 11) is -3.62. The maximum Gasteiger partial charge on any atom is 0.241 e. The summed E-state index contributed by atoms with van der Waals surface area (Å²) in [5.74, 6) is 0.501. The zero-order valence-corrected chi connectivity index (χ0v) is 17.0. The summed E-state index contributed by atoms with van der Waals surface area (Å²) in [5, 5.41) is 0.574. The first-order valence-electron chi connectivity index (χ1n) is 8.54. The molecule has 2 rings (SSSR count). The molecule has 0 heterocycles. The van der Waals surface area contributed by atoms with Gasteiger partial charge in [-0.2, -0.15) is 0 Å². The fourth-order valence-corrected chi connectivity index (χ4v) is 4.52. The van der Waals surface area contributed by atoms with Gasteiger partial charge in [-0.05, 0) is 67.5 Å². The predicted octanol–water partition coefficient (Wildman–Crippen LogP) is 5.51. The highest BCUT2D eigenvalue weighted by Gasteiger charge is 2.21. The maximum absolute atomic E-state index is 12.8. The highest BCUT2D eigenvalue weighted by molar-refractivity contribution is 7.89. The lowest BCUT2D eigenvalue weighted by atomic mass is 9.96. The van der Waals surface area contributed by atoms with Crippen molar-refractivity contribution in [1.82, 2.24) is 4.72 Å². The average molecular weight is 380 g/mol. The molecule has 25 heavy (non-hydrogen) atoms. The molecule has 0 aliphatic carbocycles. The molecule has 2 atom stereocenters. The Kier molecular flexibility index (Phi) is 6.30. The molecule has 2 aromatic carbocycles. The Labute approximate surface area is 156 Å². The first-order valence-corrected chi connectivity index (χ1v) is 10.4. The SMILES string of the molecule is CCC(C)c1ccc(C(C)NS(=O)(=O)c2cc(C)c(Cl)cc2C)cc1. The van der Waals surface area contributed by atoms with Crippen LogP contribution in [0.1, 0.15) is 61.4 Å². The van der Waals surface area contributed by atoms with Crippen molar-refractivity contribution in [2.24, 2.45) is 0 Å². The Bertz CT molecular complexity index is 845. The summed E-state index contributed by atoms with van der Waals surface area (Å²) in [6, 6.07) is 11.1. The van der Waals surface area contributed by atoms with Gasteiger partial charge in [0.15, 0.2) is 0 Å². The third kappa shape index (κ3) is 4.63. The second-order valence-electron chi connectivity index (χ2n) is 6.69. The van der Waals surface area contributed by atoms with Gasteiger partial charge in [0, 0.05) is 11.1 Å². The lowest BCUT2D eigenvalue weighted by Crippen LogP contribution is -2.27. The topological polar surface area (TPSA) is 46.2 Å². The number of benzene rings is 2. The molecule has 0 amide bonds. The van der Waals surface area contributed by atoms with Crippen molar-refractivity contribution in [2.45, 2.75) is 57.9 Å². The minimum Gasteiger partial charge on any atom is -0.207 e. The van der Waals surface area contributed by atoms with Crippen LogP contribution in [0.15, 0.2) is 41.3 Å². The first kappa shape index (κ1) is 20.0. The molecule has 0 bridgehead atoms. The first-order chi connectivity index (χ1) is 11.7. The summed E-state index contributed by atoms with van der Waals surface area (Å²) >= 11 is 6.07. The van der Waals surface area contributed by atoms with Gasteiger partial charge in [-0.1, -0.05) is 49.7 Å². The van der Waals surface area contributed by atoms with E-state index in [9.17, 15) is 8.42 Å². The van der Waals surface area contributed by atoms with Gasteiger partial charge >= 0.3 is 0 Å². The molecule has 5 heteroatoms. The van der Waals surface area contributed by atoms with Crippen LogP contribution in [0.4, 0.5) is 0 Å². The molecular formula is C20H26ClNO2S. The number of rotatable bonds is 6. The molecule has 0 spiro atoms. The van der Waals surface area contributed by atoms with E-state index in [2.05, 4.69) is 30.7 Å². The summed E-state index contributed by atoms with van der Waals surface area (Å²) < 4.78 is 28.3. The Morgan fingerprint density at radius 1 is 1.00 bits per heavy atom. The lowest BCUT2D eigenvalue weighted by molar-refractivity contribution is 0.566. The van der Waals surface area contributed by atoms with Gasteiger partial charge < -0.3 is 0 Å². The van der Waals surface area contributed by atoms with Crippen molar-refractivity contribution < 1.29 is 8.42 Å². The Morgan fingerprint density at radius 2 is 1.56 bits per heavy atom. The molecule has 0 saturated carbocycles. The van der Waals surface area contributed by atoms with E-state index in [1.807, 2.05) is 19.1 Å². The lowest BCUT2D eigenvalue weighted by Gasteiger charge is -2.18. The van der Waals surface area contributed by atoms with Crippen LogP contribution in [0.5, 0.6) is 0 Å². The quantitative estimate of drug-likeness (QED) is 0.719. The summed E-state index contributed by atoms with van der Waals surface area (Å²) in [6.45, 7) is 9.76. The monoisotopic (exact) mass is 379 g/mol. The van der Waals surface area contributed by atoms with Crippen LogP contribution < -0.4 is 4.72 Å². The zero-order valence-electron chi connectivity index (χ0n) is 15.4. The molecule has 0 saturated heterocycles. The number of hydrogen-bond donors (Lipinski definition) is 1. The Hall–Kier alpha value is -1.36. The number of sulfonamides is 1. The third-order valence-electron chi connectivity index (χ3n) is 4.70. The van der Waals surface area contributed by atoms with Crippen molar-refractivity contribution in [3.63, 3.8) is 0 Å². The summed E-state index contributed by atoms with van der Waals surface area (Å²) in [5.41, 5.74) is 3.60. The highest BCUT2D eigenvalue weighted by atomic mass is 35.5. The van der Waals surface area contributed by atoms with Crippen LogP contribution in [0, 0.1) is 13.8 Å². The average Bonchev–Trinajstić information content (AvgIpc) is 2.57. The minimum atomic E-state index is -3.62. The van der Waals surface area contributed by atoms with Crippen molar-refractivity contribution >= 4 is 21.6 Å². The molecule has 0 aliphatic heterocycles. The van der Waals surface area contributed by atoms with E-state index in [0.29, 0.717) is 16.5 Å². The van der Waals surface area contributed by atoms with Crippen LogP contribution in [0.25, 0.3) is 0 Å². The Balaban J connectivity index is 2.24. The highest BCUT2D eigenvalue weighted by Crippen LogP contribution is 2.26. The summed E-state index contributed by atoms with van der Waals surface area (Å²) in [6.07, 6.45) is 1.08. The van der Waals surface area contributed by atoms with Crippen LogP contribution in [-0.4, -0.2) is 8.42 Å². The van der Waals surface area contributed by atoms with Crippen molar-refractivity contribution in [3.05, 3.63) is 63.7 Å². The molecule has 0 aliphatic rings. The molecule has 2 unspecified atom stereocenters. The van der Waals surface area contributed by atoms with Gasteiger partial charge in [-0.15, -0.1) is 0 Å². The molecular weight excluding hydrogens is 354 g/mol. The molecule has 0 aromatic heterocycles. The molecule has 136 valence electrons. The predicted molar refractivity (Wildman–Crippen MR) is 105 cm³/mol. The van der Waals surface area contributed by atoms with E-state index in [1.54, 1.807) is 26.0 Å². The molecule has 0 fully saturated rings. The normalized spacial score (nSPS) is 14.3. The third-order valence-corrected chi connectivity index (χ3v) is 6.79. The van der Waals surface area contributed by atoms with Gasteiger partial charge in [0.1, 0.15) is 0 Å². The van der Waals surface area contributed by atoms with Crippen molar-refractivity contribution in [3.8, 4) is 0 Å².